The molecule has 49 heavy (non-hydrogen) atoms. The van der Waals surface area contributed by atoms with Crippen LogP contribution in [0.1, 0.15) is 36.1 Å². The molecular weight excluding hydrogens is 628 g/mol. The number of rotatable bonds is 12. The van der Waals surface area contributed by atoms with Gasteiger partial charge in [-0.3, -0.25) is 10.1 Å². The van der Waals surface area contributed by atoms with E-state index in [-0.39, 0.29) is 19.1 Å². The molecular formula is C37H40N4O8. The van der Waals surface area contributed by atoms with Crippen molar-refractivity contribution in [1.82, 2.24) is 0 Å². The van der Waals surface area contributed by atoms with Gasteiger partial charge in [-0.1, -0.05) is 48.5 Å². The summed E-state index contributed by atoms with van der Waals surface area (Å²) >= 11 is 0. The number of anilines is 2. The lowest BCUT2D eigenvalue weighted by atomic mass is 10.0. The van der Waals surface area contributed by atoms with Crippen LogP contribution in [0.3, 0.4) is 0 Å². The number of hydrogen-bond acceptors (Lipinski definition) is 10. The van der Waals surface area contributed by atoms with Gasteiger partial charge in [-0.15, -0.1) is 0 Å². The maximum Gasteiger partial charge on any atom is 0.411 e. The second-order valence-corrected chi connectivity index (χ2v) is 10.5. The first kappa shape index (κ1) is 39.4. The van der Waals surface area contributed by atoms with Crippen molar-refractivity contribution in [2.24, 2.45) is 9.98 Å². The van der Waals surface area contributed by atoms with E-state index in [1.807, 2.05) is 72.8 Å². The Balaban J connectivity index is 0.000000307. The van der Waals surface area contributed by atoms with Gasteiger partial charge in [0.2, 0.25) is 18.1 Å². The van der Waals surface area contributed by atoms with Gasteiger partial charge in [0.15, 0.2) is 0 Å². The summed E-state index contributed by atoms with van der Waals surface area (Å²) in [6, 6.07) is 30.0. The molecule has 256 valence electrons. The molecule has 0 saturated carbocycles. The Hall–Kier alpha value is -5.74. The zero-order chi connectivity index (χ0) is 35.9. The highest BCUT2D eigenvalue weighted by Crippen LogP contribution is 2.18. The van der Waals surface area contributed by atoms with Gasteiger partial charge in [-0.2, -0.15) is 9.98 Å². The standard InChI is InChI=1S/C19H22N2O4.C15H10N2O2.C3H8O2/c1-14(22)20-17-7-3-15(4-8-17)13-16-5-9-18(10-6-16)21-19(23)25-12-11-24-2;18-10-16-14-5-1-12(2-6-14)9-13-3-7-15(8-4-13)17-11-19;1-3(5)2-4/h3-10H,11-13H2,1-2H3,(H,20,22)(H,21,23);1-8H,9H2;3-5H,2H2,1H3. The fourth-order valence-corrected chi connectivity index (χ4v) is 3.94. The highest BCUT2D eigenvalue weighted by atomic mass is 16.6. The van der Waals surface area contributed by atoms with Crippen molar-refractivity contribution in [3.05, 3.63) is 119 Å². The topological polar surface area (TPSA) is 176 Å². The van der Waals surface area contributed by atoms with Crippen molar-refractivity contribution in [1.29, 1.82) is 0 Å². The summed E-state index contributed by atoms with van der Waals surface area (Å²) in [7, 11) is 1.55. The number of carbonyl (C=O) groups is 2. The zero-order valence-corrected chi connectivity index (χ0v) is 27.6. The summed E-state index contributed by atoms with van der Waals surface area (Å²) in [6.07, 6.45) is 3.47. The van der Waals surface area contributed by atoms with E-state index in [9.17, 15) is 19.2 Å². The molecule has 4 aromatic rings. The lowest BCUT2D eigenvalue weighted by Gasteiger charge is -2.08. The third-order valence-corrected chi connectivity index (χ3v) is 6.30. The first-order chi connectivity index (χ1) is 23.6. The lowest BCUT2D eigenvalue weighted by Crippen LogP contribution is -2.16. The highest BCUT2D eigenvalue weighted by Gasteiger charge is 2.04. The molecule has 0 fully saturated rings. The minimum atomic E-state index is -0.560. The molecule has 4 rings (SSSR count). The van der Waals surface area contributed by atoms with Crippen LogP contribution in [0.25, 0.3) is 0 Å². The SMILES string of the molecule is CC(O)CO.COCCOC(=O)Nc1ccc(Cc2ccc(NC(C)=O)cc2)cc1.O=C=Nc1ccc(Cc2ccc(N=C=O)cc2)cc1. The minimum absolute atomic E-state index is 0.0865. The monoisotopic (exact) mass is 668 g/mol. The van der Waals surface area contributed by atoms with Crippen molar-refractivity contribution in [2.75, 3.05) is 37.6 Å². The Kier molecular flexibility index (Phi) is 18.3. The van der Waals surface area contributed by atoms with E-state index >= 15 is 0 Å². The number of hydrogen-bond donors (Lipinski definition) is 4. The van der Waals surface area contributed by atoms with E-state index in [1.54, 1.807) is 31.4 Å². The molecule has 0 radical (unpaired) electrons. The smallest absolute Gasteiger partial charge is 0.411 e. The van der Waals surface area contributed by atoms with Gasteiger partial charge in [-0.25, -0.2) is 14.4 Å². The molecule has 1 atom stereocenters. The number of aliphatic imine (C=N–C) groups is 2. The molecule has 0 aliphatic carbocycles. The number of ether oxygens (including phenoxy) is 2. The van der Waals surface area contributed by atoms with Gasteiger partial charge < -0.3 is 25.0 Å². The van der Waals surface area contributed by atoms with Crippen LogP contribution < -0.4 is 10.6 Å². The number of amides is 2. The molecule has 12 heteroatoms. The molecule has 1 unspecified atom stereocenters. The van der Waals surface area contributed by atoms with E-state index in [0.29, 0.717) is 23.7 Å². The van der Waals surface area contributed by atoms with Crippen molar-refractivity contribution in [2.45, 2.75) is 32.8 Å². The van der Waals surface area contributed by atoms with Gasteiger partial charge in [0, 0.05) is 25.4 Å². The number of carbonyl (C=O) groups excluding carboxylic acids is 4. The second-order valence-electron chi connectivity index (χ2n) is 10.5. The number of methoxy groups -OCH3 is 1. The maximum atomic E-state index is 11.6. The Morgan fingerprint density at radius 3 is 1.39 bits per heavy atom. The Bertz CT molecular complexity index is 1600. The van der Waals surface area contributed by atoms with Crippen LogP contribution in [0.15, 0.2) is 107 Å². The molecule has 0 heterocycles. The number of aliphatic hydroxyl groups excluding tert-OH is 2. The normalized spacial score (nSPS) is 10.3. The number of benzene rings is 4. The average Bonchev–Trinajstić information content (AvgIpc) is 3.09. The number of nitrogens with zero attached hydrogens (tertiary/aromatic N) is 2. The van der Waals surface area contributed by atoms with E-state index in [1.165, 1.54) is 26.0 Å². The third kappa shape index (κ3) is 17.1. The zero-order valence-electron chi connectivity index (χ0n) is 27.6. The first-order valence-electron chi connectivity index (χ1n) is 15.2. The third-order valence-electron chi connectivity index (χ3n) is 6.30. The predicted octanol–water partition coefficient (Wildman–Crippen LogP) is 6.00. The summed E-state index contributed by atoms with van der Waals surface area (Å²) in [5, 5.41) is 21.4. The van der Waals surface area contributed by atoms with Crippen molar-refractivity contribution in [3.63, 3.8) is 0 Å². The van der Waals surface area contributed by atoms with E-state index in [0.717, 1.165) is 40.8 Å². The molecule has 0 aliphatic rings. The van der Waals surface area contributed by atoms with Gasteiger partial charge in [0.1, 0.15) is 6.61 Å². The van der Waals surface area contributed by atoms with Gasteiger partial charge >= 0.3 is 6.09 Å². The summed E-state index contributed by atoms with van der Waals surface area (Å²) < 4.78 is 9.76. The minimum Gasteiger partial charge on any atom is -0.447 e. The fourth-order valence-electron chi connectivity index (χ4n) is 3.94. The molecule has 4 aromatic carbocycles. The Morgan fingerprint density at radius 1 is 0.694 bits per heavy atom. The van der Waals surface area contributed by atoms with E-state index < -0.39 is 12.2 Å². The average molecular weight is 669 g/mol. The van der Waals surface area contributed by atoms with Crippen LogP contribution in [0.2, 0.25) is 0 Å². The highest BCUT2D eigenvalue weighted by molar-refractivity contribution is 5.88. The quantitative estimate of drug-likeness (QED) is 0.0807. The second kappa shape index (κ2) is 22.7. The van der Waals surface area contributed by atoms with Crippen molar-refractivity contribution in [3.8, 4) is 0 Å². The van der Waals surface area contributed by atoms with Crippen LogP contribution in [0, 0.1) is 0 Å². The van der Waals surface area contributed by atoms with Crippen molar-refractivity contribution >= 4 is 46.9 Å². The molecule has 0 spiro atoms. The van der Waals surface area contributed by atoms with Crippen LogP contribution in [0.4, 0.5) is 27.5 Å². The summed E-state index contributed by atoms with van der Waals surface area (Å²) in [5.41, 5.74) is 7.10. The van der Waals surface area contributed by atoms with Gasteiger partial charge in [-0.05, 0) is 90.6 Å². The summed E-state index contributed by atoms with van der Waals surface area (Å²) in [6.45, 7) is 3.46. The molecule has 0 saturated heterocycles. The molecule has 12 nitrogen and oxygen atoms in total. The number of isocyanates is 2. The van der Waals surface area contributed by atoms with E-state index in [2.05, 4.69) is 20.6 Å². The Labute approximate surface area is 285 Å². The summed E-state index contributed by atoms with van der Waals surface area (Å²) in [5.74, 6) is -0.0865. The van der Waals surface area contributed by atoms with E-state index in [4.69, 9.17) is 19.7 Å². The van der Waals surface area contributed by atoms with Gasteiger partial charge in [0.25, 0.3) is 0 Å². The lowest BCUT2D eigenvalue weighted by molar-refractivity contribution is -0.114. The van der Waals surface area contributed by atoms with Crippen LogP contribution in [0.5, 0.6) is 0 Å². The summed E-state index contributed by atoms with van der Waals surface area (Å²) in [4.78, 5) is 49.8. The largest absolute Gasteiger partial charge is 0.447 e. The van der Waals surface area contributed by atoms with Crippen LogP contribution in [-0.2, 0) is 36.7 Å². The Morgan fingerprint density at radius 2 is 1.06 bits per heavy atom. The fraction of sp³-hybridized carbons (Fsp3) is 0.243. The van der Waals surface area contributed by atoms with Crippen molar-refractivity contribution < 1.29 is 38.9 Å². The molecule has 0 aliphatic heterocycles. The van der Waals surface area contributed by atoms with Crippen LogP contribution in [-0.4, -0.2) is 67.4 Å². The number of nitrogens with one attached hydrogen (secondary N) is 2. The predicted molar refractivity (Wildman–Crippen MR) is 187 cm³/mol. The molecule has 0 aromatic heterocycles. The molecule has 2 amide bonds. The maximum absolute atomic E-state index is 11.6. The number of aliphatic hydroxyl groups is 2. The molecule has 4 N–H and O–H groups in total. The van der Waals surface area contributed by atoms with Gasteiger partial charge in [0.05, 0.1) is 30.7 Å². The van der Waals surface area contributed by atoms with Crippen LogP contribution >= 0.6 is 0 Å². The first-order valence-corrected chi connectivity index (χ1v) is 15.2. The molecule has 0 bridgehead atoms.